The molecule has 0 aliphatic carbocycles. The summed E-state index contributed by atoms with van der Waals surface area (Å²) in [6.45, 7) is 7.55. The quantitative estimate of drug-likeness (QED) is 0.764. The highest BCUT2D eigenvalue weighted by molar-refractivity contribution is 5.82. The highest BCUT2D eigenvalue weighted by Gasteiger charge is 2.15. The van der Waals surface area contributed by atoms with Crippen molar-refractivity contribution in [3.63, 3.8) is 0 Å². The summed E-state index contributed by atoms with van der Waals surface area (Å²) < 4.78 is 0. The molecule has 1 rings (SSSR count). The number of aryl methyl sites for hydroxylation is 1. The fraction of sp³-hybridized carbons (Fsp3) is 0.357. The third-order valence-electron chi connectivity index (χ3n) is 2.66. The van der Waals surface area contributed by atoms with Gasteiger partial charge >= 0.3 is 0 Å². The lowest BCUT2D eigenvalue weighted by Crippen LogP contribution is -2.41. The number of amides is 1. The Morgan fingerprint density at radius 1 is 1.59 bits per heavy atom. The van der Waals surface area contributed by atoms with Gasteiger partial charge in [0.1, 0.15) is 0 Å². The van der Waals surface area contributed by atoms with Gasteiger partial charge in [-0.25, -0.2) is 0 Å². The van der Waals surface area contributed by atoms with E-state index in [1.54, 1.807) is 6.08 Å². The van der Waals surface area contributed by atoms with E-state index in [-0.39, 0.29) is 11.9 Å². The Balaban J connectivity index is 2.63. The van der Waals surface area contributed by atoms with E-state index in [2.05, 4.69) is 18.0 Å². The highest BCUT2D eigenvalue weighted by atomic mass is 16.2. The van der Waals surface area contributed by atoms with E-state index in [0.717, 1.165) is 5.56 Å². The van der Waals surface area contributed by atoms with Crippen molar-refractivity contribution < 1.29 is 4.79 Å². The standard InChI is InChI=1S/C14H20N2O/c1-4-6-13(15)14(17)16-11(3)12-8-5-7-10(2)9-12/h4-5,7-9,11,13H,1,6,15H2,2-3H3,(H,16,17)/t11-,13?/m1/s1. The number of carbonyl (C=O) groups excluding carboxylic acids is 1. The van der Waals surface area contributed by atoms with E-state index >= 15 is 0 Å². The van der Waals surface area contributed by atoms with Gasteiger partial charge in [0.2, 0.25) is 5.91 Å². The van der Waals surface area contributed by atoms with Crippen LogP contribution in [0.15, 0.2) is 36.9 Å². The van der Waals surface area contributed by atoms with Gasteiger partial charge in [0.05, 0.1) is 12.1 Å². The molecule has 0 fully saturated rings. The summed E-state index contributed by atoms with van der Waals surface area (Å²) >= 11 is 0. The molecule has 0 aromatic heterocycles. The average molecular weight is 232 g/mol. The first kappa shape index (κ1) is 13.5. The second kappa shape index (κ2) is 6.21. The number of benzene rings is 1. The molecular weight excluding hydrogens is 212 g/mol. The Kier molecular flexibility index (Phi) is 4.91. The minimum absolute atomic E-state index is 0.0294. The van der Waals surface area contributed by atoms with Gasteiger partial charge in [-0.05, 0) is 25.8 Å². The first-order valence-electron chi connectivity index (χ1n) is 5.78. The minimum atomic E-state index is -0.514. The summed E-state index contributed by atoms with van der Waals surface area (Å²) in [5.74, 6) is -0.140. The third-order valence-corrected chi connectivity index (χ3v) is 2.66. The van der Waals surface area contributed by atoms with E-state index in [4.69, 9.17) is 5.73 Å². The summed E-state index contributed by atoms with van der Waals surface area (Å²) in [5, 5.41) is 2.90. The molecule has 0 aliphatic rings. The predicted octanol–water partition coefficient (Wildman–Crippen LogP) is 2.08. The zero-order valence-electron chi connectivity index (χ0n) is 10.4. The lowest BCUT2D eigenvalue weighted by molar-refractivity contribution is -0.122. The van der Waals surface area contributed by atoms with Crippen molar-refractivity contribution in [3.05, 3.63) is 48.0 Å². The molecule has 2 atom stereocenters. The van der Waals surface area contributed by atoms with Crippen LogP contribution in [0.2, 0.25) is 0 Å². The van der Waals surface area contributed by atoms with Crippen molar-refractivity contribution in [2.24, 2.45) is 5.73 Å². The molecule has 0 saturated heterocycles. The van der Waals surface area contributed by atoms with Gasteiger partial charge < -0.3 is 11.1 Å². The van der Waals surface area contributed by atoms with Gasteiger partial charge in [0, 0.05) is 0 Å². The second-order valence-corrected chi connectivity index (χ2v) is 4.28. The fourth-order valence-electron chi connectivity index (χ4n) is 1.63. The maximum absolute atomic E-state index is 11.7. The maximum atomic E-state index is 11.7. The van der Waals surface area contributed by atoms with Crippen molar-refractivity contribution in [3.8, 4) is 0 Å². The fourth-order valence-corrected chi connectivity index (χ4v) is 1.63. The molecule has 3 heteroatoms. The van der Waals surface area contributed by atoms with Gasteiger partial charge in [0.25, 0.3) is 0 Å². The van der Waals surface area contributed by atoms with E-state index in [0.29, 0.717) is 6.42 Å². The monoisotopic (exact) mass is 232 g/mol. The van der Waals surface area contributed by atoms with Crippen LogP contribution in [0, 0.1) is 6.92 Å². The normalized spacial score (nSPS) is 13.8. The number of rotatable bonds is 5. The first-order chi connectivity index (χ1) is 8.04. The highest BCUT2D eigenvalue weighted by Crippen LogP contribution is 2.13. The van der Waals surface area contributed by atoms with Crippen LogP contribution in [0.1, 0.15) is 30.5 Å². The summed E-state index contributed by atoms with van der Waals surface area (Å²) in [7, 11) is 0. The molecular formula is C14H20N2O. The number of nitrogens with two attached hydrogens (primary N) is 1. The summed E-state index contributed by atoms with van der Waals surface area (Å²) in [5.41, 5.74) is 7.97. The molecule has 1 amide bonds. The molecule has 0 radical (unpaired) electrons. The van der Waals surface area contributed by atoms with Crippen LogP contribution >= 0.6 is 0 Å². The van der Waals surface area contributed by atoms with Gasteiger partial charge in [0.15, 0.2) is 0 Å². The Bertz CT molecular complexity index is 401. The molecule has 0 heterocycles. The molecule has 0 bridgehead atoms. The zero-order valence-corrected chi connectivity index (χ0v) is 10.4. The van der Waals surface area contributed by atoms with Gasteiger partial charge in [-0.15, -0.1) is 6.58 Å². The Morgan fingerprint density at radius 3 is 2.88 bits per heavy atom. The van der Waals surface area contributed by atoms with Gasteiger partial charge in [-0.1, -0.05) is 35.9 Å². The SMILES string of the molecule is C=CCC(N)C(=O)N[C@H](C)c1cccc(C)c1. The Morgan fingerprint density at radius 2 is 2.29 bits per heavy atom. The third kappa shape index (κ3) is 4.04. The van der Waals surface area contributed by atoms with Gasteiger partial charge in [-0.3, -0.25) is 4.79 Å². The van der Waals surface area contributed by atoms with Crippen molar-refractivity contribution >= 4 is 5.91 Å². The molecule has 1 aromatic rings. The average Bonchev–Trinajstić information content (AvgIpc) is 2.29. The van der Waals surface area contributed by atoms with Crippen LogP contribution in [0.3, 0.4) is 0 Å². The molecule has 17 heavy (non-hydrogen) atoms. The minimum Gasteiger partial charge on any atom is -0.348 e. The van der Waals surface area contributed by atoms with E-state index < -0.39 is 6.04 Å². The lowest BCUT2D eigenvalue weighted by atomic mass is 10.1. The largest absolute Gasteiger partial charge is 0.348 e. The molecule has 0 spiro atoms. The predicted molar refractivity (Wildman–Crippen MR) is 70.5 cm³/mol. The summed E-state index contributed by atoms with van der Waals surface area (Å²) in [4.78, 5) is 11.7. The topological polar surface area (TPSA) is 55.1 Å². The lowest BCUT2D eigenvalue weighted by Gasteiger charge is -2.17. The number of hydrogen-bond acceptors (Lipinski definition) is 2. The van der Waals surface area contributed by atoms with Crippen LogP contribution < -0.4 is 11.1 Å². The van der Waals surface area contributed by atoms with Crippen molar-refractivity contribution in [1.82, 2.24) is 5.32 Å². The summed E-state index contributed by atoms with van der Waals surface area (Å²) in [6, 6.07) is 7.53. The van der Waals surface area contributed by atoms with Crippen LogP contribution in [0.4, 0.5) is 0 Å². The van der Waals surface area contributed by atoms with E-state index in [1.807, 2.05) is 32.0 Å². The van der Waals surface area contributed by atoms with Crippen molar-refractivity contribution in [2.75, 3.05) is 0 Å². The van der Waals surface area contributed by atoms with Crippen LogP contribution in [-0.4, -0.2) is 11.9 Å². The molecule has 0 aliphatic heterocycles. The van der Waals surface area contributed by atoms with Crippen LogP contribution in [-0.2, 0) is 4.79 Å². The maximum Gasteiger partial charge on any atom is 0.237 e. The van der Waals surface area contributed by atoms with E-state index in [9.17, 15) is 4.79 Å². The van der Waals surface area contributed by atoms with Crippen LogP contribution in [0.5, 0.6) is 0 Å². The number of hydrogen-bond donors (Lipinski definition) is 2. The van der Waals surface area contributed by atoms with Crippen molar-refractivity contribution in [2.45, 2.75) is 32.4 Å². The molecule has 1 unspecified atom stereocenters. The Hall–Kier alpha value is -1.61. The smallest absolute Gasteiger partial charge is 0.237 e. The zero-order chi connectivity index (χ0) is 12.8. The van der Waals surface area contributed by atoms with Crippen LogP contribution in [0.25, 0.3) is 0 Å². The van der Waals surface area contributed by atoms with Gasteiger partial charge in [-0.2, -0.15) is 0 Å². The molecule has 92 valence electrons. The Labute approximate surface area is 103 Å². The first-order valence-corrected chi connectivity index (χ1v) is 5.78. The number of nitrogens with one attached hydrogen (secondary N) is 1. The van der Waals surface area contributed by atoms with Crippen molar-refractivity contribution in [1.29, 1.82) is 0 Å². The number of carbonyl (C=O) groups is 1. The second-order valence-electron chi connectivity index (χ2n) is 4.28. The molecule has 0 saturated carbocycles. The molecule has 3 nitrogen and oxygen atoms in total. The molecule has 3 N–H and O–H groups in total. The molecule has 1 aromatic carbocycles. The summed E-state index contributed by atoms with van der Waals surface area (Å²) in [6.07, 6.45) is 2.15. The van der Waals surface area contributed by atoms with E-state index in [1.165, 1.54) is 5.56 Å².